The summed E-state index contributed by atoms with van der Waals surface area (Å²) in [5.74, 6) is 1.00. The summed E-state index contributed by atoms with van der Waals surface area (Å²) in [7, 11) is -1.26. The minimum absolute atomic E-state index is 0. The molecule has 2 heterocycles. The van der Waals surface area contributed by atoms with E-state index < -0.39 is 14.6 Å². The van der Waals surface area contributed by atoms with Crippen molar-refractivity contribution in [2.24, 2.45) is 4.99 Å². The highest BCUT2D eigenvalue weighted by molar-refractivity contribution is 14.0. The highest BCUT2D eigenvalue weighted by atomic mass is 127. The Morgan fingerprint density at radius 3 is 2.47 bits per heavy atom. The van der Waals surface area contributed by atoms with E-state index in [4.69, 9.17) is 0 Å². The molecule has 2 aliphatic rings. The first-order valence-electron chi connectivity index (χ1n) is 11.4. The minimum atomic E-state index is -3.03. The van der Waals surface area contributed by atoms with Gasteiger partial charge in [-0.2, -0.15) is 0 Å². The van der Waals surface area contributed by atoms with Gasteiger partial charge in [0, 0.05) is 58.5 Å². The van der Waals surface area contributed by atoms with E-state index in [0.717, 1.165) is 58.1 Å². The highest BCUT2D eigenvalue weighted by Gasteiger charge is 2.40. The molecular formula is C23H40IN5O2S. The molecule has 1 aromatic carbocycles. The second-order valence-electron chi connectivity index (χ2n) is 9.35. The van der Waals surface area contributed by atoms with Crippen LogP contribution in [0.5, 0.6) is 0 Å². The van der Waals surface area contributed by atoms with Crippen LogP contribution in [-0.4, -0.2) is 94.1 Å². The van der Waals surface area contributed by atoms with Crippen LogP contribution in [0.4, 0.5) is 5.69 Å². The lowest BCUT2D eigenvalue weighted by molar-refractivity contribution is 0.253. The minimum Gasteiger partial charge on any atom is -0.369 e. The number of unbranched alkanes of at least 4 members (excludes halogenated alkanes) is 1. The molecular weight excluding hydrogens is 537 g/mol. The zero-order chi connectivity index (χ0) is 22.5. The molecule has 0 atom stereocenters. The summed E-state index contributed by atoms with van der Waals surface area (Å²) in [6, 6.07) is 8.77. The van der Waals surface area contributed by atoms with E-state index in [0.29, 0.717) is 13.1 Å². The van der Waals surface area contributed by atoms with Gasteiger partial charge in [-0.15, -0.1) is 24.0 Å². The Labute approximate surface area is 211 Å². The standard InChI is InChI=1S/C23H39N5O2S.HI/c1-20-8-7-9-21(18-20)27-14-12-26(13-15-27)11-6-5-10-25-22(24-4)28-16-17-31(29,30)23(2,3)19-28;/h7-9,18H,5-6,10-17,19H2,1-4H3,(H,24,25);1H. The van der Waals surface area contributed by atoms with Gasteiger partial charge in [-0.1, -0.05) is 12.1 Å². The maximum Gasteiger partial charge on any atom is 0.193 e. The normalized spacial score (nSPS) is 21.2. The number of piperazine rings is 1. The van der Waals surface area contributed by atoms with Crippen molar-refractivity contribution in [1.82, 2.24) is 15.1 Å². The smallest absolute Gasteiger partial charge is 0.193 e. The number of nitrogens with zero attached hydrogens (tertiary/aromatic N) is 4. The number of sulfone groups is 1. The summed E-state index contributed by atoms with van der Waals surface area (Å²) in [4.78, 5) is 11.5. The predicted molar refractivity (Wildman–Crippen MR) is 145 cm³/mol. The molecule has 0 aliphatic carbocycles. The number of hydrogen-bond donors (Lipinski definition) is 1. The first kappa shape index (κ1) is 27.2. The number of halogens is 1. The molecule has 3 rings (SSSR count). The van der Waals surface area contributed by atoms with Crippen molar-refractivity contribution >= 4 is 45.5 Å². The highest BCUT2D eigenvalue weighted by Crippen LogP contribution is 2.23. The fourth-order valence-electron chi connectivity index (χ4n) is 4.37. The first-order valence-corrected chi connectivity index (χ1v) is 13.1. The Bertz CT molecular complexity index is 867. The number of anilines is 1. The summed E-state index contributed by atoms with van der Waals surface area (Å²) in [5, 5.41) is 3.43. The number of rotatable bonds is 6. The monoisotopic (exact) mass is 577 g/mol. The molecule has 0 bridgehead atoms. The average molecular weight is 578 g/mol. The third-order valence-electron chi connectivity index (χ3n) is 6.48. The molecule has 0 aromatic heterocycles. The molecule has 0 amide bonds. The van der Waals surface area contributed by atoms with E-state index in [1.165, 1.54) is 11.3 Å². The van der Waals surface area contributed by atoms with Gasteiger partial charge in [0.15, 0.2) is 15.8 Å². The molecule has 0 saturated carbocycles. The molecule has 7 nitrogen and oxygen atoms in total. The van der Waals surface area contributed by atoms with Crippen LogP contribution < -0.4 is 10.2 Å². The fraction of sp³-hybridized carbons (Fsp3) is 0.696. The van der Waals surface area contributed by atoms with Crippen LogP contribution in [0.2, 0.25) is 0 Å². The van der Waals surface area contributed by atoms with Crippen LogP contribution in [0.15, 0.2) is 29.3 Å². The molecule has 2 saturated heterocycles. The SMILES string of the molecule is CN=C(NCCCCN1CCN(c2cccc(C)c2)CC1)N1CCS(=O)(=O)C(C)(C)C1.I. The summed E-state index contributed by atoms with van der Waals surface area (Å²) >= 11 is 0. The first-order chi connectivity index (χ1) is 14.7. The van der Waals surface area contributed by atoms with Crippen molar-refractivity contribution in [3.05, 3.63) is 29.8 Å². The molecule has 0 spiro atoms. The lowest BCUT2D eigenvalue weighted by Crippen LogP contribution is -2.57. The maximum absolute atomic E-state index is 12.2. The van der Waals surface area contributed by atoms with Crippen LogP contribution in [0.1, 0.15) is 32.3 Å². The molecule has 0 unspecified atom stereocenters. The number of aryl methyl sites for hydroxylation is 1. The van der Waals surface area contributed by atoms with Gasteiger partial charge in [-0.25, -0.2) is 8.42 Å². The third kappa shape index (κ3) is 6.96. The van der Waals surface area contributed by atoms with Gasteiger partial charge >= 0.3 is 0 Å². The third-order valence-corrected chi connectivity index (χ3v) is 9.01. The molecule has 182 valence electrons. The van der Waals surface area contributed by atoms with Crippen molar-refractivity contribution in [3.8, 4) is 0 Å². The van der Waals surface area contributed by atoms with E-state index in [1.54, 1.807) is 20.9 Å². The van der Waals surface area contributed by atoms with Gasteiger partial charge in [0.2, 0.25) is 0 Å². The number of guanidine groups is 1. The van der Waals surface area contributed by atoms with E-state index in [9.17, 15) is 8.42 Å². The predicted octanol–water partition coefficient (Wildman–Crippen LogP) is 2.60. The maximum atomic E-state index is 12.2. The van der Waals surface area contributed by atoms with Gasteiger partial charge in [-0.05, 0) is 57.9 Å². The van der Waals surface area contributed by atoms with Crippen LogP contribution in [0, 0.1) is 6.92 Å². The molecule has 2 aliphatic heterocycles. The van der Waals surface area contributed by atoms with Crippen LogP contribution >= 0.6 is 24.0 Å². The number of aliphatic imine (C=N–C) groups is 1. The molecule has 1 N–H and O–H groups in total. The van der Waals surface area contributed by atoms with Crippen LogP contribution in [0.25, 0.3) is 0 Å². The van der Waals surface area contributed by atoms with E-state index in [-0.39, 0.29) is 29.7 Å². The zero-order valence-electron chi connectivity index (χ0n) is 20.0. The molecule has 0 radical (unpaired) electrons. The van der Waals surface area contributed by atoms with E-state index >= 15 is 0 Å². The number of nitrogens with one attached hydrogen (secondary N) is 1. The Balaban J connectivity index is 0.00000363. The van der Waals surface area contributed by atoms with Gasteiger partial charge in [0.05, 0.1) is 10.5 Å². The van der Waals surface area contributed by atoms with Crippen molar-refractivity contribution in [2.45, 2.75) is 38.4 Å². The second kappa shape index (κ2) is 11.9. The summed E-state index contributed by atoms with van der Waals surface area (Å²) in [6.45, 7) is 13.1. The zero-order valence-corrected chi connectivity index (χ0v) is 23.2. The average Bonchev–Trinajstić information content (AvgIpc) is 2.73. The van der Waals surface area contributed by atoms with Crippen molar-refractivity contribution < 1.29 is 8.42 Å². The number of benzene rings is 1. The topological polar surface area (TPSA) is 68.2 Å². The molecule has 9 heteroatoms. The summed E-state index contributed by atoms with van der Waals surface area (Å²) in [5.41, 5.74) is 2.65. The lowest BCUT2D eigenvalue weighted by atomic mass is 10.2. The largest absolute Gasteiger partial charge is 0.369 e. The van der Waals surface area contributed by atoms with Crippen molar-refractivity contribution in [1.29, 1.82) is 0 Å². The second-order valence-corrected chi connectivity index (χ2v) is 12.1. The Hall–Kier alpha value is -1.07. The number of hydrogen-bond acceptors (Lipinski definition) is 5. The fourth-order valence-corrected chi connectivity index (χ4v) is 5.74. The molecule has 2 fully saturated rings. The van der Waals surface area contributed by atoms with Crippen LogP contribution in [-0.2, 0) is 9.84 Å². The van der Waals surface area contributed by atoms with Gasteiger partial charge in [0.25, 0.3) is 0 Å². The summed E-state index contributed by atoms with van der Waals surface area (Å²) < 4.78 is 23.7. The Morgan fingerprint density at radius 1 is 1.12 bits per heavy atom. The lowest BCUT2D eigenvalue weighted by Gasteiger charge is -2.39. The Morgan fingerprint density at radius 2 is 1.84 bits per heavy atom. The van der Waals surface area contributed by atoms with Gasteiger partial charge in [0.1, 0.15) is 0 Å². The molecule has 1 aromatic rings. The molecule has 32 heavy (non-hydrogen) atoms. The Kier molecular flexibility index (Phi) is 10.1. The summed E-state index contributed by atoms with van der Waals surface area (Å²) in [6.07, 6.45) is 2.22. The van der Waals surface area contributed by atoms with Crippen LogP contribution in [0.3, 0.4) is 0 Å². The van der Waals surface area contributed by atoms with Crippen molar-refractivity contribution in [3.63, 3.8) is 0 Å². The van der Waals surface area contributed by atoms with Crippen molar-refractivity contribution in [2.75, 3.05) is 70.1 Å². The van der Waals surface area contributed by atoms with Gasteiger partial charge in [-0.3, -0.25) is 9.89 Å². The quantitative estimate of drug-likeness (QED) is 0.243. The van der Waals surface area contributed by atoms with Gasteiger partial charge < -0.3 is 15.1 Å². The van der Waals surface area contributed by atoms with E-state index in [1.807, 2.05) is 0 Å². The van der Waals surface area contributed by atoms with E-state index in [2.05, 4.69) is 56.2 Å².